The summed E-state index contributed by atoms with van der Waals surface area (Å²) in [5.74, 6) is 1.25. The standard InChI is InChI=1S/C26H33N7O4/c1-27-23-12-22(30-20-7-4-8-32(26(20)35)21-11-18-9-15(21)14-37-18)31-24-19(13-28-33(23)24)25(34)29-16-5-3-6-17(10-16)36-2/h4,7-8,12-13,15-18,21,27H,3,5-6,9-11,14H2,1-2H3,(H,29,34)(H,30,31)/t15-,16?,17+,18?,21+/m1/s1. The second kappa shape index (κ2) is 9.79. The second-order valence-corrected chi connectivity index (χ2v) is 10.3. The minimum Gasteiger partial charge on any atom is -0.381 e. The zero-order valence-electron chi connectivity index (χ0n) is 21.1. The van der Waals surface area contributed by atoms with E-state index in [2.05, 4.69) is 26.0 Å². The van der Waals surface area contributed by atoms with Crippen LogP contribution in [0.25, 0.3) is 5.65 Å². The van der Waals surface area contributed by atoms with Gasteiger partial charge < -0.3 is 30.0 Å². The summed E-state index contributed by atoms with van der Waals surface area (Å²) in [7, 11) is 3.49. The van der Waals surface area contributed by atoms with Gasteiger partial charge in [0.15, 0.2) is 5.65 Å². The number of fused-ring (bicyclic) bond motifs is 3. The molecule has 11 nitrogen and oxygen atoms in total. The van der Waals surface area contributed by atoms with Gasteiger partial charge in [-0.3, -0.25) is 9.59 Å². The van der Waals surface area contributed by atoms with Crippen LogP contribution in [0.15, 0.2) is 35.4 Å². The first-order valence-electron chi connectivity index (χ1n) is 13.0. The zero-order valence-corrected chi connectivity index (χ0v) is 21.1. The van der Waals surface area contributed by atoms with E-state index in [9.17, 15) is 9.59 Å². The number of nitrogens with one attached hydrogen (secondary N) is 3. The van der Waals surface area contributed by atoms with Crippen molar-refractivity contribution in [3.63, 3.8) is 0 Å². The van der Waals surface area contributed by atoms with E-state index in [-0.39, 0.29) is 35.8 Å². The Morgan fingerprint density at radius 3 is 2.89 bits per heavy atom. The number of amides is 1. The van der Waals surface area contributed by atoms with Gasteiger partial charge in [-0.25, -0.2) is 4.98 Å². The van der Waals surface area contributed by atoms with Gasteiger partial charge in [-0.2, -0.15) is 9.61 Å². The normalized spacial score (nSPS) is 26.9. The lowest BCUT2D eigenvalue weighted by Gasteiger charge is -2.28. The van der Waals surface area contributed by atoms with Gasteiger partial charge in [-0.1, -0.05) is 0 Å². The molecule has 11 heteroatoms. The summed E-state index contributed by atoms with van der Waals surface area (Å²) in [6, 6.07) is 5.61. The quantitative estimate of drug-likeness (QED) is 0.446. The molecule has 3 fully saturated rings. The molecule has 4 heterocycles. The molecule has 3 aliphatic rings. The number of pyridine rings is 1. The first-order valence-corrected chi connectivity index (χ1v) is 13.0. The van der Waals surface area contributed by atoms with Gasteiger partial charge >= 0.3 is 0 Å². The van der Waals surface area contributed by atoms with E-state index >= 15 is 0 Å². The Balaban J connectivity index is 1.27. The molecule has 37 heavy (non-hydrogen) atoms. The van der Waals surface area contributed by atoms with Gasteiger partial charge in [0.2, 0.25) is 0 Å². The van der Waals surface area contributed by atoms with E-state index in [4.69, 9.17) is 9.47 Å². The molecular formula is C26H33N7O4. The molecule has 2 aliphatic carbocycles. The maximum atomic E-state index is 13.4. The van der Waals surface area contributed by atoms with Gasteiger partial charge in [0.25, 0.3) is 11.5 Å². The summed E-state index contributed by atoms with van der Waals surface area (Å²) in [6.07, 6.45) is 9.41. The molecule has 2 bridgehead atoms. The van der Waals surface area contributed by atoms with Gasteiger partial charge in [0.05, 0.1) is 25.0 Å². The summed E-state index contributed by atoms with van der Waals surface area (Å²) in [5.41, 5.74) is 1.13. The molecule has 196 valence electrons. The van der Waals surface area contributed by atoms with Crippen LogP contribution in [0.3, 0.4) is 0 Å². The van der Waals surface area contributed by atoms with Crippen molar-refractivity contribution < 1.29 is 14.3 Å². The lowest BCUT2D eigenvalue weighted by atomic mass is 9.92. The molecule has 2 saturated carbocycles. The molecule has 1 saturated heterocycles. The average molecular weight is 508 g/mol. The van der Waals surface area contributed by atoms with Crippen LogP contribution in [0.5, 0.6) is 0 Å². The van der Waals surface area contributed by atoms with E-state index in [1.54, 1.807) is 30.8 Å². The minimum absolute atomic E-state index is 0.0465. The van der Waals surface area contributed by atoms with E-state index in [0.717, 1.165) is 38.5 Å². The third kappa shape index (κ3) is 4.46. The van der Waals surface area contributed by atoms with Crippen molar-refractivity contribution in [1.82, 2.24) is 24.5 Å². The number of hydrogen-bond donors (Lipinski definition) is 3. The van der Waals surface area contributed by atoms with Crippen LogP contribution in [0.1, 0.15) is 54.9 Å². The van der Waals surface area contributed by atoms with E-state index in [0.29, 0.717) is 41.1 Å². The van der Waals surface area contributed by atoms with Crippen LogP contribution in [0, 0.1) is 5.92 Å². The van der Waals surface area contributed by atoms with Crippen LogP contribution < -0.4 is 21.5 Å². The highest BCUT2D eigenvalue weighted by atomic mass is 16.5. The smallest absolute Gasteiger partial charge is 0.274 e. The highest BCUT2D eigenvalue weighted by Crippen LogP contribution is 2.42. The molecule has 5 atom stereocenters. The van der Waals surface area contributed by atoms with Crippen molar-refractivity contribution in [3.05, 3.63) is 46.5 Å². The number of rotatable bonds is 7. The molecule has 0 aromatic carbocycles. The van der Waals surface area contributed by atoms with Crippen molar-refractivity contribution in [2.24, 2.45) is 5.92 Å². The number of anilines is 3. The fraction of sp³-hybridized carbons (Fsp3) is 0.538. The predicted octanol–water partition coefficient (Wildman–Crippen LogP) is 2.71. The van der Waals surface area contributed by atoms with E-state index in [1.807, 2.05) is 16.8 Å². The molecule has 0 radical (unpaired) electrons. The van der Waals surface area contributed by atoms with E-state index < -0.39 is 0 Å². The molecule has 0 spiro atoms. The molecule has 1 amide bonds. The lowest BCUT2D eigenvalue weighted by molar-refractivity contribution is 0.0545. The van der Waals surface area contributed by atoms with Crippen molar-refractivity contribution in [2.45, 2.75) is 62.8 Å². The minimum atomic E-state index is -0.218. The summed E-state index contributed by atoms with van der Waals surface area (Å²) in [5, 5.41) is 13.8. The molecule has 3 aromatic rings. The second-order valence-electron chi connectivity index (χ2n) is 10.3. The van der Waals surface area contributed by atoms with Crippen molar-refractivity contribution in [2.75, 3.05) is 31.4 Å². The number of carbonyl (C=O) groups is 1. The third-order valence-electron chi connectivity index (χ3n) is 8.02. The van der Waals surface area contributed by atoms with Crippen LogP contribution in [0.2, 0.25) is 0 Å². The third-order valence-corrected chi connectivity index (χ3v) is 8.02. The summed E-state index contributed by atoms with van der Waals surface area (Å²) in [4.78, 5) is 31.3. The number of carbonyl (C=O) groups excluding carboxylic acids is 1. The molecule has 3 N–H and O–H groups in total. The van der Waals surface area contributed by atoms with Crippen LogP contribution in [0.4, 0.5) is 17.3 Å². The van der Waals surface area contributed by atoms with Crippen LogP contribution in [-0.2, 0) is 9.47 Å². The van der Waals surface area contributed by atoms with E-state index in [1.165, 1.54) is 6.20 Å². The highest BCUT2D eigenvalue weighted by Gasteiger charge is 2.42. The SMILES string of the molecule is CNc1cc(Nc2cccn([C@H]3CC4C[C@@H]3CO4)c2=O)nc2c(C(=O)NC3CCC[C@H](OC)C3)cnn12. The first-order chi connectivity index (χ1) is 18.0. The Bertz CT molecular complexity index is 1370. The Hall–Kier alpha value is -3.44. The Kier molecular flexibility index (Phi) is 6.33. The maximum absolute atomic E-state index is 13.4. The fourth-order valence-corrected chi connectivity index (χ4v) is 6.09. The molecular weight excluding hydrogens is 474 g/mol. The maximum Gasteiger partial charge on any atom is 0.274 e. The zero-order chi connectivity index (χ0) is 25.5. The Labute approximate surface area is 214 Å². The Morgan fingerprint density at radius 2 is 2.14 bits per heavy atom. The fourth-order valence-electron chi connectivity index (χ4n) is 6.09. The summed E-state index contributed by atoms with van der Waals surface area (Å²) >= 11 is 0. The van der Waals surface area contributed by atoms with Crippen LogP contribution >= 0.6 is 0 Å². The molecule has 1 aliphatic heterocycles. The number of ether oxygens (including phenoxy) is 2. The van der Waals surface area contributed by atoms with Crippen molar-refractivity contribution in [1.29, 1.82) is 0 Å². The van der Waals surface area contributed by atoms with Crippen molar-refractivity contribution in [3.8, 4) is 0 Å². The van der Waals surface area contributed by atoms with Gasteiger partial charge in [0, 0.05) is 44.4 Å². The van der Waals surface area contributed by atoms with Gasteiger partial charge in [-0.05, 0) is 50.7 Å². The summed E-state index contributed by atoms with van der Waals surface area (Å²) < 4.78 is 14.6. The number of methoxy groups -OCH3 is 1. The highest BCUT2D eigenvalue weighted by molar-refractivity contribution is 6.00. The van der Waals surface area contributed by atoms with Crippen molar-refractivity contribution >= 4 is 28.9 Å². The largest absolute Gasteiger partial charge is 0.381 e. The number of aromatic nitrogens is 4. The topological polar surface area (TPSA) is 124 Å². The molecule has 6 rings (SSSR count). The van der Waals surface area contributed by atoms with Crippen LogP contribution in [-0.4, -0.2) is 64.1 Å². The number of nitrogens with zero attached hydrogens (tertiary/aromatic N) is 4. The lowest BCUT2D eigenvalue weighted by Crippen LogP contribution is -2.40. The number of hydrogen-bond acceptors (Lipinski definition) is 8. The predicted molar refractivity (Wildman–Crippen MR) is 139 cm³/mol. The monoisotopic (exact) mass is 507 g/mol. The van der Waals surface area contributed by atoms with Gasteiger partial charge in [-0.15, -0.1) is 0 Å². The first kappa shape index (κ1) is 23.9. The summed E-state index contributed by atoms with van der Waals surface area (Å²) in [6.45, 7) is 0.711. The Morgan fingerprint density at radius 1 is 1.24 bits per heavy atom. The molecule has 2 unspecified atom stereocenters. The average Bonchev–Trinajstić information content (AvgIpc) is 3.65. The molecule has 3 aromatic heterocycles. The van der Waals surface area contributed by atoms with Gasteiger partial charge in [0.1, 0.15) is 22.9 Å².